The number of carbonyl (C=O) groups excluding carboxylic acids is 1. The second-order valence-corrected chi connectivity index (χ2v) is 5.60. The van der Waals surface area contributed by atoms with Gasteiger partial charge in [-0.2, -0.15) is 5.10 Å². The molecule has 1 amide bonds. The van der Waals surface area contributed by atoms with Crippen molar-refractivity contribution in [3.8, 4) is 5.82 Å². The van der Waals surface area contributed by atoms with Gasteiger partial charge in [0.05, 0.1) is 23.5 Å². The molecule has 3 rings (SSSR count). The summed E-state index contributed by atoms with van der Waals surface area (Å²) in [5, 5.41) is 7.29. The van der Waals surface area contributed by atoms with E-state index in [1.54, 1.807) is 17.1 Å². The highest BCUT2D eigenvalue weighted by Gasteiger charge is 2.20. The van der Waals surface area contributed by atoms with Crippen LogP contribution in [0.4, 0.5) is 0 Å². The summed E-state index contributed by atoms with van der Waals surface area (Å²) in [5.41, 5.74) is 1.38. The summed E-state index contributed by atoms with van der Waals surface area (Å²) >= 11 is 0. The summed E-state index contributed by atoms with van der Waals surface area (Å²) in [5.74, 6) is 2.08. The van der Waals surface area contributed by atoms with Crippen LogP contribution in [0.2, 0.25) is 0 Å². The molecule has 0 aliphatic rings. The summed E-state index contributed by atoms with van der Waals surface area (Å²) in [7, 11) is 0. The van der Waals surface area contributed by atoms with Crippen molar-refractivity contribution in [2.45, 2.75) is 33.2 Å². The lowest BCUT2D eigenvalue weighted by atomic mass is 10.1. The quantitative estimate of drug-likeness (QED) is 0.782. The SMILES string of the molecule is CCc1c(C(=O)NC(C)c2ccc(C)o2)cnn1-c1ccccn1. The van der Waals surface area contributed by atoms with Crippen LogP contribution in [0.15, 0.2) is 47.1 Å². The van der Waals surface area contributed by atoms with Crippen molar-refractivity contribution in [3.05, 3.63) is 65.5 Å². The Hall–Kier alpha value is -2.89. The van der Waals surface area contributed by atoms with Gasteiger partial charge in [0.2, 0.25) is 0 Å². The van der Waals surface area contributed by atoms with Gasteiger partial charge in [0, 0.05) is 6.20 Å². The summed E-state index contributed by atoms with van der Waals surface area (Å²) in [6, 6.07) is 9.15. The normalized spacial score (nSPS) is 12.1. The number of carbonyl (C=O) groups is 1. The van der Waals surface area contributed by atoms with Crippen molar-refractivity contribution in [2.24, 2.45) is 0 Å². The molecular weight excluding hydrogens is 304 g/mol. The number of hydrogen-bond acceptors (Lipinski definition) is 4. The molecule has 1 N–H and O–H groups in total. The molecule has 0 aromatic carbocycles. The molecule has 6 heteroatoms. The lowest BCUT2D eigenvalue weighted by Crippen LogP contribution is -2.27. The lowest BCUT2D eigenvalue weighted by molar-refractivity contribution is 0.0934. The number of aromatic nitrogens is 3. The van der Waals surface area contributed by atoms with E-state index in [4.69, 9.17) is 4.42 Å². The monoisotopic (exact) mass is 324 g/mol. The van der Waals surface area contributed by atoms with Crippen molar-refractivity contribution < 1.29 is 9.21 Å². The second kappa shape index (κ2) is 6.70. The molecule has 0 fully saturated rings. The van der Waals surface area contributed by atoms with Gasteiger partial charge in [-0.1, -0.05) is 13.0 Å². The third-order valence-corrected chi connectivity index (χ3v) is 3.85. The molecule has 0 saturated carbocycles. The molecule has 24 heavy (non-hydrogen) atoms. The topological polar surface area (TPSA) is 73.0 Å². The van der Waals surface area contributed by atoms with Crippen LogP contribution >= 0.6 is 0 Å². The zero-order chi connectivity index (χ0) is 17.1. The average Bonchev–Trinajstić information content (AvgIpc) is 3.21. The van der Waals surface area contributed by atoms with Crippen LogP contribution in [0.1, 0.15) is 47.5 Å². The average molecular weight is 324 g/mol. The molecular formula is C18H20N4O2. The zero-order valence-corrected chi connectivity index (χ0v) is 14.0. The maximum atomic E-state index is 12.6. The van der Waals surface area contributed by atoms with E-state index in [1.807, 2.05) is 51.1 Å². The molecule has 0 saturated heterocycles. The largest absolute Gasteiger partial charge is 0.464 e. The summed E-state index contributed by atoms with van der Waals surface area (Å²) in [6.07, 6.45) is 3.97. The van der Waals surface area contributed by atoms with Crippen LogP contribution in [0.25, 0.3) is 5.82 Å². The Bertz CT molecular complexity index is 836. The molecule has 6 nitrogen and oxygen atoms in total. The highest BCUT2D eigenvalue weighted by molar-refractivity contribution is 5.95. The van der Waals surface area contributed by atoms with E-state index >= 15 is 0 Å². The van der Waals surface area contributed by atoms with Crippen LogP contribution in [-0.2, 0) is 6.42 Å². The molecule has 1 atom stereocenters. The highest BCUT2D eigenvalue weighted by atomic mass is 16.3. The number of furan rings is 1. The number of hydrogen-bond donors (Lipinski definition) is 1. The Kier molecular flexibility index (Phi) is 4.46. The van der Waals surface area contributed by atoms with E-state index in [9.17, 15) is 4.79 Å². The van der Waals surface area contributed by atoms with Gasteiger partial charge in [-0.15, -0.1) is 0 Å². The summed E-state index contributed by atoms with van der Waals surface area (Å²) in [6.45, 7) is 5.77. The van der Waals surface area contributed by atoms with E-state index in [0.717, 1.165) is 17.2 Å². The molecule has 124 valence electrons. The Labute approximate surface area is 140 Å². The lowest BCUT2D eigenvalue weighted by Gasteiger charge is -2.12. The van der Waals surface area contributed by atoms with E-state index < -0.39 is 0 Å². The first-order valence-corrected chi connectivity index (χ1v) is 7.95. The van der Waals surface area contributed by atoms with Gasteiger partial charge < -0.3 is 9.73 Å². The molecule has 0 aliphatic heterocycles. The molecule has 0 radical (unpaired) electrons. The number of aryl methyl sites for hydroxylation is 1. The maximum Gasteiger partial charge on any atom is 0.255 e. The smallest absolute Gasteiger partial charge is 0.255 e. The van der Waals surface area contributed by atoms with Crippen molar-refractivity contribution in [1.29, 1.82) is 0 Å². The Morgan fingerprint density at radius 3 is 2.79 bits per heavy atom. The van der Waals surface area contributed by atoms with Gasteiger partial charge in [0.25, 0.3) is 5.91 Å². The van der Waals surface area contributed by atoms with Gasteiger partial charge in [0.15, 0.2) is 5.82 Å². The van der Waals surface area contributed by atoms with Crippen molar-refractivity contribution in [3.63, 3.8) is 0 Å². The second-order valence-electron chi connectivity index (χ2n) is 5.60. The molecule has 0 bridgehead atoms. The van der Waals surface area contributed by atoms with Gasteiger partial charge in [0.1, 0.15) is 11.5 Å². The fraction of sp³-hybridized carbons (Fsp3) is 0.278. The van der Waals surface area contributed by atoms with E-state index in [0.29, 0.717) is 17.8 Å². The van der Waals surface area contributed by atoms with Crippen LogP contribution in [0.5, 0.6) is 0 Å². The number of rotatable bonds is 5. The van der Waals surface area contributed by atoms with Crippen LogP contribution in [-0.4, -0.2) is 20.7 Å². The highest BCUT2D eigenvalue weighted by Crippen LogP contribution is 2.18. The summed E-state index contributed by atoms with van der Waals surface area (Å²) < 4.78 is 7.27. The predicted octanol–water partition coefficient (Wildman–Crippen LogP) is 3.22. The first-order chi connectivity index (χ1) is 11.6. The van der Waals surface area contributed by atoms with Crippen molar-refractivity contribution in [2.75, 3.05) is 0 Å². The van der Waals surface area contributed by atoms with Crippen molar-refractivity contribution >= 4 is 5.91 Å². The minimum absolute atomic E-state index is 0.171. The van der Waals surface area contributed by atoms with E-state index in [-0.39, 0.29) is 11.9 Å². The number of nitrogens with zero attached hydrogens (tertiary/aromatic N) is 3. The fourth-order valence-electron chi connectivity index (χ4n) is 2.61. The molecule has 3 aromatic heterocycles. The molecule has 0 aliphatic carbocycles. The van der Waals surface area contributed by atoms with Crippen LogP contribution < -0.4 is 5.32 Å². The standard InChI is InChI=1S/C18H20N4O2/c1-4-15-14(11-20-22(15)17-7-5-6-10-19-17)18(23)21-13(3)16-9-8-12(2)24-16/h5-11,13H,4H2,1-3H3,(H,21,23). The first kappa shape index (κ1) is 16.0. The number of amides is 1. The van der Waals surface area contributed by atoms with Gasteiger partial charge >= 0.3 is 0 Å². The Morgan fingerprint density at radius 1 is 1.33 bits per heavy atom. The number of nitrogens with one attached hydrogen (secondary N) is 1. The predicted molar refractivity (Wildman–Crippen MR) is 90.1 cm³/mol. The van der Waals surface area contributed by atoms with Gasteiger partial charge in [-0.3, -0.25) is 4.79 Å². The fourth-order valence-corrected chi connectivity index (χ4v) is 2.61. The summed E-state index contributed by atoms with van der Waals surface area (Å²) in [4.78, 5) is 16.9. The minimum atomic E-state index is -0.214. The molecule has 1 unspecified atom stereocenters. The first-order valence-electron chi connectivity index (χ1n) is 7.95. The molecule has 3 aromatic rings. The Balaban J connectivity index is 1.84. The maximum absolute atomic E-state index is 12.6. The minimum Gasteiger partial charge on any atom is -0.464 e. The molecule has 0 spiro atoms. The zero-order valence-electron chi connectivity index (χ0n) is 14.0. The van der Waals surface area contributed by atoms with Crippen molar-refractivity contribution in [1.82, 2.24) is 20.1 Å². The third-order valence-electron chi connectivity index (χ3n) is 3.85. The Morgan fingerprint density at radius 2 is 2.17 bits per heavy atom. The van der Waals surface area contributed by atoms with Crippen LogP contribution in [0, 0.1) is 6.92 Å². The van der Waals surface area contributed by atoms with E-state index in [1.165, 1.54) is 0 Å². The van der Waals surface area contributed by atoms with Crippen LogP contribution in [0.3, 0.4) is 0 Å². The van der Waals surface area contributed by atoms with Gasteiger partial charge in [-0.05, 0) is 44.5 Å². The van der Waals surface area contributed by atoms with Gasteiger partial charge in [-0.25, -0.2) is 9.67 Å². The third kappa shape index (κ3) is 3.08. The number of pyridine rings is 1. The van der Waals surface area contributed by atoms with E-state index in [2.05, 4.69) is 15.4 Å². The molecule has 3 heterocycles.